The van der Waals surface area contributed by atoms with E-state index in [0.29, 0.717) is 5.69 Å². The monoisotopic (exact) mass is 340 g/mol. The Morgan fingerprint density at radius 2 is 2.14 bits per heavy atom. The van der Waals surface area contributed by atoms with E-state index in [-0.39, 0.29) is 27.7 Å². The zero-order chi connectivity index (χ0) is 16.3. The largest absolute Gasteiger partial charge is 0.465 e. The second-order valence-electron chi connectivity index (χ2n) is 4.46. The quantitative estimate of drug-likeness (QED) is 0.866. The van der Waals surface area contributed by atoms with E-state index in [4.69, 9.17) is 11.6 Å². The third-order valence-electron chi connectivity index (χ3n) is 2.94. The maximum Gasteiger partial charge on any atom is 0.337 e. The molecular formula is C14H13ClN2O4S. The summed E-state index contributed by atoms with van der Waals surface area (Å²) in [6.07, 6.45) is 0. The minimum absolute atomic E-state index is 0.118. The van der Waals surface area contributed by atoms with Crippen molar-refractivity contribution in [2.45, 2.75) is 13.5 Å². The molecule has 0 aliphatic heterocycles. The van der Waals surface area contributed by atoms with E-state index >= 15 is 0 Å². The van der Waals surface area contributed by atoms with Gasteiger partial charge in [0.05, 0.1) is 23.4 Å². The topological polar surface area (TPSA) is 77.4 Å². The van der Waals surface area contributed by atoms with Crippen LogP contribution in [0.4, 0.5) is 5.69 Å². The number of halogens is 1. The number of hydrogen-bond acceptors (Lipinski definition) is 5. The Bertz CT molecular complexity index is 781. The highest BCUT2D eigenvalue weighted by Gasteiger charge is 2.13. The number of aryl methyl sites for hydroxylation is 1. The predicted octanol–water partition coefficient (Wildman–Crippen LogP) is 2.30. The molecule has 0 bridgehead atoms. The summed E-state index contributed by atoms with van der Waals surface area (Å²) in [5, 5.41) is 4.56. The van der Waals surface area contributed by atoms with Crippen LogP contribution in [0.25, 0.3) is 0 Å². The van der Waals surface area contributed by atoms with Crippen LogP contribution < -0.4 is 10.2 Å². The summed E-state index contributed by atoms with van der Waals surface area (Å²) in [6.45, 7) is 1.63. The number of nitrogens with one attached hydrogen (secondary N) is 1. The Balaban J connectivity index is 2.18. The van der Waals surface area contributed by atoms with Gasteiger partial charge >= 0.3 is 10.8 Å². The van der Waals surface area contributed by atoms with E-state index in [0.717, 1.165) is 11.3 Å². The SMILES string of the molecule is COC(=O)c1ccc(Cl)c(NC(=O)Cn2c(C)csc2=O)c1. The number of methoxy groups -OCH3 is 1. The molecule has 1 heterocycles. The van der Waals surface area contributed by atoms with Crippen LogP contribution in [0, 0.1) is 6.92 Å². The van der Waals surface area contributed by atoms with Gasteiger partial charge in [-0.15, -0.1) is 0 Å². The van der Waals surface area contributed by atoms with Crippen LogP contribution in [0.2, 0.25) is 5.02 Å². The van der Waals surface area contributed by atoms with Crippen LogP contribution in [0.3, 0.4) is 0 Å². The first-order chi connectivity index (χ1) is 10.4. The van der Waals surface area contributed by atoms with E-state index in [2.05, 4.69) is 10.1 Å². The summed E-state index contributed by atoms with van der Waals surface area (Å²) in [5.41, 5.74) is 1.26. The van der Waals surface area contributed by atoms with Gasteiger partial charge in [-0.25, -0.2) is 4.79 Å². The number of ether oxygens (including phenoxy) is 1. The molecule has 6 nitrogen and oxygen atoms in total. The van der Waals surface area contributed by atoms with Crippen molar-refractivity contribution in [2.75, 3.05) is 12.4 Å². The molecule has 22 heavy (non-hydrogen) atoms. The number of carbonyl (C=O) groups is 2. The molecule has 116 valence electrons. The normalized spacial score (nSPS) is 10.3. The summed E-state index contributed by atoms with van der Waals surface area (Å²) in [7, 11) is 1.26. The van der Waals surface area contributed by atoms with Gasteiger partial charge in [-0.1, -0.05) is 22.9 Å². The Morgan fingerprint density at radius 1 is 1.41 bits per heavy atom. The molecule has 1 N–H and O–H groups in total. The zero-order valence-electron chi connectivity index (χ0n) is 11.9. The van der Waals surface area contributed by atoms with Gasteiger partial charge in [0, 0.05) is 11.1 Å². The Morgan fingerprint density at radius 3 is 2.73 bits per heavy atom. The first kappa shape index (κ1) is 16.3. The average Bonchev–Trinajstić information content (AvgIpc) is 2.80. The molecule has 2 rings (SSSR count). The number of benzene rings is 1. The molecule has 0 saturated heterocycles. The second kappa shape index (κ2) is 6.76. The second-order valence-corrected chi connectivity index (χ2v) is 5.69. The van der Waals surface area contributed by atoms with Gasteiger partial charge in [0.15, 0.2) is 0 Å². The molecule has 8 heteroatoms. The van der Waals surface area contributed by atoms with Crippen LogP contribution in [0.1, 0.15) is 16.1 Å². The lowest BCUT2D eigenvalue weighted by Gasteiger charge is -2.10. The van der Waals surface area contributed by atoms with Crippen LogP contribution in [-0.4, -0.2) is 23.6 Å². The van der Waals surface area contributed by atoms with Gasteiger partial charge in [-0.2, -0.15) is 0 Å². The molecule has 0 atom stereocenters. The molecule has 0 spiro atoms. The van der Waals surface area contributed by atoms with Gasteiger partial charge in [0.2, 0.25) is 5.91 Å². The number of carbonyl (C=O) groups excluding carboxylic acids is 2. The van der Waals surface area contributed by atoms with Crippen molar-refractivity contribution in [3.63, 3.8) is 0 Å². The Kier molecular flexibility index (Phi) is 4.99. The van der Waals surface area contributed by atoms with Crippen molar-refractivity contribution < 1.29 is 14.3 Å². The number of thiazole rings is 1. The minimum atomic E-state index is -0.530. The number of amides is 1. The molecule has 0 saturated carbocycles. The maximum atomic E-state index is 12.0. The minimum Gasteiger partial charge on any atom is -0.465 e. The Hall–Kier alpha value is -2.12. The third kappa shape index (κ3) is 3.55. The van der Waals surface area contributed by atoms with Crippen molar-refractivity contribution in [1.82, 2.24) is 4.57 Å². The predicted molar refractivity (Wildman–Crippen MR) is 84.7 cm³/mol. The first-order valence-electron chi connectivity index (χ1n) is 6.25. The van der Waals surface area contributed by atoms with Crippen LogP contribution in [0.15, 0.2) is 28.4 Å². The average molecular weight is 341 g/mol. The maximum absolute atomic E-state index is 12.0. The number of anilines is 1. The van der Waals surface area contributed by atoms with Gasteiger partial charge in [-0.3, -0.25) is 14.2 Å². The van der Waals surface area contributed by atoms with Crippen molar-refractivity contribution in [3.05, 3.63) is 49.5 Å². The number of rotatable bonds is 4. The molecular weight excluding hydrogens is 328 g/mol. The lowest BCUT2D eigenvalue weighted by Crippen LogP contribution is -2.25. The van der Waals surface area contributed by atoms with E-state index in [1.807, 2.05) is 0 Å². The molecule has 1 aromatic carbocycles. The fourth-order valence-corrected chi connectivity index (χ4v) is 2.69. The fraction of sp³-hybridized carbons (Fsp3) is 0.214. The van der Waals surface area contributed by atoms with Crippen LogP contribution >= 0.6 is 22.9 Å². The lowest BCUT2D eigenvalue weighted by molar-refractivity contribution is -0.116. The summed E-state index contributed by atoms with van der Waals surface area (Å²) in [5.74, 6) is -0.940. The number of aromatic nitrogens is 1. The van der Waals surface area contributed by atoms with Gasteiger partial charge in [-0.05, 0) is 25.1 Å². The van der Waals surface area contributed by atoms with Crippen LogP contribution in [0.5, 0.6) is 0 Å². The van der Waals surface area contributed by atoms with E-state index < -0.39 is 11.9 Å². The molecule has 1 aromatic heterocycles. The van der Waals surface area contributed by atoms with Crippen molar-refractivity contribution in [1.29, 1.82) is 0 Å². The molecule has 0 aliphatic carbocycles. The number of nitrogens with zero attached hydrogens (tertiary/aromatic N) is 1. The summed E-state index contributed by atoms with van der Waals surface area (Å²) >= 11 is 7.03. The summed E-state index contributed by atoms with van der Waals surface area (Å²) < 4.78 is 5.97. The van der Waals surface area contributed by atoms with E-state index in [1.54, 1.807) is 12.3 Å². The molecule has 0 fully saturated rings. The zero-order valence-corrected chi connectivity index (χ0v) is 13.5. The van der Waals surface area contributed by atoms with Crippen LogP contribution in [-0.2, 0) is 16.1 Å². The lowest BCUT2D eigenvalue weighted by atomic mass is 10.2. The molecule has 1 amide bonds. The highest BCUT2D eigenvalue weighted by atomic mass is 35.5. The van der Waals surface area contributed by atoms with Crippen molar-refractivity contribution in [3.8, 4) is 0 Å². The smallest absolute Gasteiger partial charge is 0.337 e. The summed E-state index contributed by atoms with van der Waals surface area (Å²) in [4.78, 5) is 34.9. The van der Waals surface area contributed by atoms with Gasteiger partial charge in [0.1, 0.15) is 6.54 Å². The molecule has 0 unspecified atom stereocenters. The Labute approximate surface area is 135 Å². The number of hydrogen-bond donors (Lipinski definition) is 1. The molecule has 2 aromatic rings. The first-order valence-corrected chi connectivity index (χ1v) is 7.50. The van der Waals surface area contributed by atoms with Gasteiger partial charge < -0.3 is 10.1 Å². The van der Waals surface area contributed by atoms with Gasteiger partial charge in [0.25, 0.3) is 0 Å². The highest BCUT2D eigenvalue weighted by Crippen LogP contribution is 2.23. The fourth-order valence-electron chi connectivity index (χ4n) is 1.80. The number of esters is 1. The molecule has 0 aliphatic rings. The van der Waals surface area contributed by atoms with E-state index in [1.165, 1.54) is 29.9 Å². The van der Waals surface area contributed by atoms with Crippen molar-refractivity contribution >= 4 is 40.5 Å². The standard InChI is InChI=1S/C14H13ClN2O4S/c1-8-7-22-14(20)17(8)6-12(18)16-11-5-9(13(19)21-2)3-4-10(11)15/h3-5,7H,6H2,1-2H3,(H,16,18). The molecule has 0 radical (unpaired) electrons. The third-order valence-corrected chi connectivity index (χ3v) is 4.15. The summed E-state index contributed by atoms with van der Waals surface area (Å²) in [6, 6.07) is 4.41. The highest BCUT2D eigenvalue weighted by molar-refractivity contribution is 7.07. The van der Waals surface area contributed by atoms with Crippen molar-refractivity contribution in [2.24, 2.45) is 0 Å². The van der Waals surface area contributed by atoms with E-state index in [9.17, 15) is 14.4 Å².